The minimum Gasteiger partial charge on any atom is -0.309 e. The Balaban J connectivity index is 2.96. The van der Waals surface area contributed by atoms with Gasteiger partial charge in [-0.15, -0.1) is 0 Å². The van der Waals surface area contributed by atoms with Gasteiger partial charge in [0.25, 0.3) is 0 Å². The van der Waals surface area contributed by atoms with E-state index >= 15 is 0 Å². The molecular weight excluding hydrogens is 258 g/mol. The average Bonchev–Trinajstić information content (AvgIpc) is 2.45. The zero-order chi connectivity index (χ0) is 15.1. The van der Waals surface area contributed by atoms with E-state index in [0.717, 1.165) is 25.6 Å². The number of rotatable bonds is 8. The van der Waals surface area contributed by atoms with Crippen LogP contribution in [0.5, 0.6) is 0 Å². The lowest BCUT2D eigenvalue weighted by Gasteiger charge is -2.31. The van der Waals surface area contributed by atoms with Crippen LogP contribution in [0.4, 0.5) is 8.78 Å². The number of hydrogen-bond acceptors (Lipinski definition) is 2. The van der Waals surface area contributed by atoms with E-state index in [-0.39, 0.29) is 6.04 Å². The number of halogens is 2. The van der Waals surface area contributed by atoms with Crippen molar-refractivity contribution in [1.82, 2.24) is 10.2 Å². The number of nitrogens with zero attached hydrogens (tertiary/aromatic N) is 1. The Hall–Kier alpha value is -1.00. The highest BCUT2D eigenvalue weighted by atomic mass is 19.2. The third kappa shape index (κ3) is 4.25. The van der Waals surface area contributed by atoms with Crippen LogP contribution in [0.3, 0.4) is 0 Å². The van der Waals surface area contributed by atoms with Gasteiger partial charge in [0, 0.05) is 24.2 Å². The van der Waals surface area contributed by atoms with Gasteiger partial charge in [-0.25, -0.2) is 8.78 Å². The molecule has 1 rings (SSSR count). The van der Waals surface area contributed by atoms with E-state index in [0.29, 0.717) is 18.2 Å². The Morgan fingerprint density at radius 3 is 2.45 bits per heavy atom. The monoisotopic (exact) mass is 284 g/mol. The predicted molar refractivity (Wildman–Crippen MR) is 79.8 cm³/mol. The van der Waals surface area contributed by atoms with E-state index in [4.69, 9.17) is 0 Å². The molecule has 0 amide bonds. The number of nitrogens with one attached hydrogen (secondary N) is 1. The first kappa shape index (κ1) is 17.1. The molecule has 0 bridgehead atoms. The van der Waals surface area contributed by atoms with Crippen LogP contribution in [0, 0.1) is 11.6 Å². The fraction of sp³-hybridized carbons (Fsp3) is 0.625. The fourth-order valence-electron chi connectivity index (χ4n) is 2.42. The standard InChI is InChI=1S/C16H26F2N2/c1-5-12(4)20(7-3)11-15(19-6-2)13-9-8-10-14(17)16(13)18/h8-10,12,15,19H,5-7,11H2,1-4H3. The molecule has 0 aliphatic heterocycles. The van der Waals surface area contributed by atoms with Crippen LogP contribution in [0.2, 0.25) is 0 Å². The molecule has 2 unspecified atom stereocenters. The minimum atomic E-state index is -0.781. The summed E-state index contributed by atoms with van der Waals surface area (Å²) in [6.45, 7) is 10.7. The summed E-state index contributed by atoms with van der Waals surface area (Å²) in [5, 5.41) is 3.26. The molecule has 0 spiro atoms. The first-order valence-electron chi connectivity index (χ1n) is 7.46. The highest BCUT2D eigenvalue weighted by molar-refractivity contribution is 5.23. The van der Waals surface area contributed by atoms with Crippen molar-refractivity contribution in [3.8, 4) is 0 Å². The zero-order valence-electron chi connectivity index (χ0n) is 12.9. The molecule has 1 aromatic carbocycles. The van der Waals surface area contributed by atoms with E-state index in [2.05, 4.69) is 31.0 Å². The van der Waals surface area contributed by atoms with Crippen molar-refractivity contribution < 1.29 is 8.78 Å². The molecule has 0 aromatic heterocycles. The van der Waals surface area contributed by atoms with Crippen molar-refractivity contribution in [1.29, 1.82) is 0 Å². The van der Waals surface area contributed by atoms with Crippen LogP contribution in [-0.4, -0.2) is 30.6 Å². The largest absolute Gasteiger partial charge is 0.309 e. The molecule has 1 aromatic rings. The Morgan fingerprint density at radius 1 is 1.20 bits per heavy atom. The number of benzene rings is 1. The molecule has 114 valence electrons. The first-order chi connectivity index (χ1) is 9.54. The van der Waals surface area contributed by atoms with Crippen LogP contribution in [0.25, 0.3) is 0 Å². The summed E-state index contributed by atoms with van der Waals surface area (Å²) < 4.78 is 27.4. The zero-order valence-corrected chi connectivity index (χ0v) is 12.9. The maximum Gasteiger partial charge on any atom is 0.163 e. The van der Waals surface area contributed by atoms with Crippen molar-refractivity contribution >= 4 is 0 Å². The molecule has 0 heterocycles. The van der Waals surface area contributed by atoms with Crippen LogP contribution >= 0.6 is 0 Å². The Bertz CT molecular complexity index is 409. The molecule has 2 nitrogen and oxygen atoms in total. The highest BCUT2D eigenvalue weighted by Crippen LogP contribution is 2.21. The fourth-order valence-corrected chi connectivity index (χ4v) is 2.42. The molecule has 0 saturated carbocycles. The van der Waals surface area contributed by atoms with Crippen LogP contribution in [0.15, 0.2) is 18.2 Å². The van der Waals surface area contributed by atoms with Crippen molar-refractivity contribution in [3.05, 3.63) is 35.4 Å². The van der Waals surface area contributed by atoms with E-state index < -0.39 is 11.6 Å². The van der Waals surface area contributed by atoms with Crippen molar-refractivity contribution in [3.63, 3.8) is 0 Å². The van der Waals surface area contributed by atoms with Crippen molar-refractivity contribution in [2.24, 2.45) is 0 Å². The highest BCUT2D eigenvalue weighted by Gasteiger charge is 2.21. The average molecular weight is 284 g/mol. The van der Waals surface area contributed by atoms with Crippen LogP contribution < -0.4 is 5.32 Å². The second-order valence-corrected chi connectivity index (χ2v) is 5.10. The molecule has 0 aliphatic carbocycles. The van der Waals surface area contributed by atoms with E-state index in [1.54, 1.807) is 12.1 Å². The molecule has 0 aliphatic rings. The Labute approximate surface area is 121 Å². The lowest BCUT2D eigenvalue weighted by Crippen LogP contribution is -2.40. The van der Waals surface area contributed by atoms with E-state index in [1.165, 1.54) is 0 Å². The SMILES string of the molecule is CCNC(CN(CC)C(C)CC)c1cccc(F)c1F. The Kier molecular flexibility index (Phi) is 7.10. The number of likely N-dealkylation sites (N-methyl/N-ethyl adjacent to an activating group) is 2. The quantitative estimate of drug-likeness (QED) is 0.782. The molecule has 0 radical (unpaired) electrons. The summed E-state index contributed by atoms with van der Waals surface area (Å²) >= 11 is 0. The summed E-state index contributed by atoms with van der Waals surface area (Å²) in [5.41, 5.74) is 0.411. The van der Waals surface area contributed by atoms with Gasteiger partial charge in [0.15, 0.2) is 11.6 Å². The van der Waals surface area contributed by atoms with Gasteiger partial charge in [0.2, 0.25) is 0 Å². The lowest BCUT2D eigenvalue weighted by atomic mass is 10.0. The topological polar surface area (TPSA) is 15.3 Å². The second kappa shape index (κ2) is 8.32. The van der Waals surface area contributed by atoms with E-state index in [1.807, 2.05) is 6.92 Å². The molecule has 0 saturated heterocycles. The summed E-state index contributed by atoms with van der Waals surface area (Å²) in [4.78, 5) is 2.29. The molecule has 4 heteroatoms. The third-order valence-electron chi connectivity index (χ3n) is 3.84. The maximum atomic E-state index is 14.0. The van der Waals surface area contributed by atoms with Gasteiger partial charge in [-0.3, -0.25) is 4.90 Å². The van der Waals surface area contributed by atoms with Crippen molar-refractivity contribution in [2.45, 2.75) is 46.2 Å². The smallest absolute Gasteiger partial charge is 0.163 e. The minimum absolute atomic E-state index is 0.190. The summed E-state index contributed by atoms with van der Waals surface area (Å²) in [6, 6.07) is 4.63. The van der Waals surface area contributed by atoms with Gasteiger partial charge < -0.3 is 5.32 Å². The van der Waals surface area contributed by atoms with Gasteiger partial charge in [0.1, 0.15) is 0 Å². The molecule has 0 fully saturated rings. The van der Waals surface area contributed by atoms with Crippen LogP contribution in [-0.2, 0) is 0 Å². The molecule has 1 N–H and O–H groups in total. The molecular formula is C16H26F2N2. The summed E-state index contributed by atoms with van der Waals surface area (Å²) in [6.07, 6.45) is 1.04. The second-order valence-electron chi connectivity index (χ2n) is 5.10. The first-order valence-corrected chi connectivity index (χ1v) is 7.46. The van der Waals surface area contributed by atoms with E-state index in [9.17, 15) is 8.78 Å². The predicted octanol–water partition coefficient (Wildman–Crippen LogP) is 3.74. The number of hydrogen-bond donors (Lipinski definition) is 1. The van der Waals surface area contributed by atoms with Gasteiger partial charge in [-0.05, 0) is 32.5 Å². The molecule has 2 atom stereocenters. The summed E-state index contributed by atoms with van der Waals surface area (Å²) in [5.74, 6) is -1.52. The molecule has 20 heavy (non-hydrogen) atoms. The summed E-state index contributed by atoms with van der Waals surface area (Å²) in [7, 11) is 0. The Morgan fingerprint density at radius 2 is 1.90 bits per heavy atom. The van der Waals surface area contributed by atoms with Gasteiger partial charge in [-0.2, -0.15) is 0 Å². The maximum absolute atomic E-state index is 14.0. The van der Waals surface area contributed by atoms with Gasteiger partial charge in [-0.1, -0.05) is 32.9 Å². The van der Waals surface area contributed by atoms with Crippen molar-refractivity contribution in [2.75, 3.05) is 19.6 Å². The van der Waals surface area contributed by atoms with Gasteiger partial charge in [0.05, 0.1) is 0 Å². The normalized spacial score (nSPS) is 14.6. The third-order valence-corrected chi connectivity index (χ3v) is 3.84. The van der Waals surface area contributed by atoms with Gasteiger partial charge >= 0.3 is 0 Å². The lowest BCUT2D eigenvalue weighted by molar-refractivity contribution is 0.190. The van der Waals surface area contributed by atoms with Crippen LogP contribution in [0.1, 0.15) is 45.7 Å².